The molecule has 1 aliphatic rings. The van der Waals surface area contributed by atoms with Crippen molar-refractivity contribution in [2.24, 2.45) is 0 Å². The summed E-state index contributed by atoms with van der Waals surface area (Å²) < 4.78 is 37.2. The molecule has 1 atom stereocenters. The first kappa shape index (κ1) is 22.3. The number of sulfonamides is 1. The normalized spacial score (nSPS) is 15.2. The van der Waals surface area contributed by atoms with Gasteiger partial charge in [0, 0.05) is 6.04 Å². The summed E-state index contributed by atoms with van der Waals surface area (Å²) in [5.74, 6) is -2.19. The van der Waals surface area contributed by atoms with Gasteiger partial charge in [0.25, 0.3) is 15.9 Å². The Labute approximate surface area is 180 Å². The number of carbonyl (C=O) groups excluding carboxylic acids is 3. The Morgan fingerprint density at radius 1 is 1.13 bits per heavy atom. The van der Waals surface area contributed by atoms with Gasteiger partial charge in [-0.05, 0) is 43.2 Å². The van der Waals surface area contributed by atoms with Crippen LogP contribution in [0.1, 0.15) is 22.8 Å². The second-order valence-corrected chi connectivity index (χ2v) is 8.75. The third-order valence-electron chi connectivity index (χ3n) is 4.76. The number of nitrogens with zero attached hydrogens (tertiary/aromatic N) is 1. The zero-order valence-corrected chi connectivity index (χ0v) is 17.8. The molecule has 31 heavy (non-hydrogen) atoms. The van der Waals surface area contributed by atoms with Crippen molar-refractivity contribution >= 4 is 33.6 Å². The van der Waals surface area contributed by atoms with Crippen LogP contribution in [-0.4, -0.2) is 52.6 Å². The predicted octanol–water partition coefficient (Wildman–Crippen LogP) is 1.27. The second kappa shape index (κ2) is 9.17. The van der Waals surface area contributed by atoms with Crippen molar-refractivity contribution in [2.75, 3.05) is 24.6 Å². The number of rotatable bonds is 7. The van der Waals surface area contributed by atoms with E-state index in [2.05, 4.69) is 10.1 Å². The molecule has 0 aromatic heterocycles. The highest BCUT2D eigenvalue weighted by Gasteiger charge is 2.36. The number of carbonyl (C=O) groups is 3. The Balaban J connectivity index is 1.73. The zero-order valence-electron chi connectivity index (χ0n) is 17.0. The molecule has 0 bridgehead atoms. The minimum Gasteiger partial charge on any atom is -0.468 e. The summed E-state index contributed by atoms with van der Waals surface area (Å²) in [7, 11) is -2.74. The molecule has 0 saturated heterocycles. The molecule has 1 N–H and O–H groups in total. The lowest BCUT2D eigenvalue weighted by Gasteiger charge is -2.24. The average molecular weight is 446 g/mol. The molecule has 1 heterocycles. The molecular formula is C21H22N2O7S. The molecule has 10 heteroatoms. The van der Waals surface area contributed by atoms with E-state index >= 15 is 0 Å². The van der Waals surface area contributed by atoms with E-state index in [-0.39, 0.29) is 23.0 Å². The molecule has 1 aliphatic heterocycles. The van der Waals surface area contributed by atoms with Gasteiger partial charge in [-0.1, -0.05) is 24.3 Å². The van der Waals surface area contributed by atoms with Crippen molar-refractivity contribution in [3.8, 4) is 0 Å². The van der Waals surface area contributed by atoms with Gasteiger partial charge < -0.3 is 14.8 Å². The van der Waals surface area contributed by atoms with E-state index in [0.29, 0.717) is 12.1 Å². The van der Waals surface area contributed by atoms with Crippen LogP contribution in [0.3, 0.4) is 0 Å². The van der Waals surface area contributed by atoms with Crippen molar-refractivity contribution in [2.45, 2.75) is 24.3 Å². The number of benzene rings is 2. The number of hydrogen-bond acceptors (Lipinski definition) is 7. The van der Waals surface area contributed by atoms with E-state index in [4.69, 9.17) is 4.74 Å². The van der Waals surface area contributed by atoms with Crippen molar-refractivity contribution in [1.29, 1.82) is 0 Å². The van der Waals surface area contributed by atoms with E-state index in [1.54, 1.807) is 12.1 Å². The molecule has 0 aliphatic carbocycles. The maximum absolute atomic E-state index is 13.3. The number of methoxy groups -OCH3 is 1. The molecule has 2 aromatic rings. The Bertz CT molecular complexity index is 1110. The lowest BCUT2D eigenvalue weighted by molar-refractivity contribution is -0.141. The van der Waals surface area contributed by atoms with Gasteiger partial charge in [-0.25, -0.2) is 13.2 Å². The van der Waals surface area contributed by atoms with Gasteiger partial charge >= 0.3 is 11.9 Å². The van der Waals surface area contributed by atoms with Gasteiger partial charge in [0.15, 0.2) is 6.61 Å². The predicted molar refractivity (Wildman–Crippen MR) is 111 cm³/mol. The summed E-state index contributed by atoms with van der Waals surface area (Å²) in [6.07, 6.45) is 0.595. The quantitative estimate of drug-likeness (QED) is 0.636. The highest BCUT2D eigenvalue weighted by Crippen LogP contribution is 2.36. The largest absolute Gasteiger partial charge is 0.468 e. The maximum atomic E-state index is 13.3. The van der Waals surface area contributed by atoms with Gasteiger partial charge in [-0.15, -0.1) is 0 Å². The maximum Gasteiger partial charge on any atom is 0.338 e. The van der Waals surface area contributed by atoms with Gasteiger partial charge in [0.2, 0.25) is 0 Å². The molecule has 0 spiro atoms. The monoisotopic (exact) mass is 446 g/mol. The molecule has 164 valence electrons. The summed E-state index contributed by atoms with van der Waals surface area (Å²) in [5, 5.41) is 2.23. The standard InChI is InChI=1S/C21H22N2O7S/c1-14-10-15-6-3-4-9-18(15)23(14)31(27,28)17-8-5-7-16(11-17)21(26)30-13-19(24)22-12-20(25)29-2/h3-9,11,14H,10,12-13H2,1-2H3,(H,22,24)/t14-/m1/s1. The van der Waals surface area contributed by atoms with Gasteiger partial charge in [-0.2, -0.15) is 0 Å². The van der Waals surface area contributed by atoms with Crippen LogP contribution in [0.25, 0.3) is 0 Å². The Morgan fingerprint density at radius 3 is 2.61 bits per heavy atom. The lowest BCUT2D eigenvalue weighted by Crippen LogP contribution is -2.35. The van der Waals surface area contributed by atoms with Crippen LogP contribution in [-0.2, 0) is 35.5 Å². The van der Waals surface area contributed by atoms with Gasteiger partial charge in [-0.3, -0.25) is 13.9 Å². The lowest BCUT2D eigenvalue weighted by atomic mass is 10.1. The summed E-state index contributed by atoms with van der Waals surface area (Å²) in [5.41, 5.74) is 1.54. The Kier molecular flexibility index (Phi) is 6.59. The molecule has 0 radical (unpaired) electrons. The molecule has 0 unspecified atom stereocenters. The van der Waals surface area contributed by atoms with E-state index < -0.39 is 34.5 Å². The second-order valence-electron chi connectivity index (χ2n) is 6.94. The first-order valence-corrected chi connectivity index (χ1v) is 10.9. The van der Waals surface area contributed by atoms with Crippen LogP contribution < -0.4 is 9.62 Å². The fourth-order valence-electron chi connectivity index (χ4n) is 3.31. The fourth-order valence-corrected chi connectivity index (χ4v) is 5.05. The average Bonchev–Trinajstić information content (AvgIpc) is 3.12. The van der Waals surface area contributed by atoms with Crippen LogP contribution in [0.5, 0.6) is 0 Å². The summed E-state index contributed by atoms with van der Waals surface area (Å²) in [6, 6.07) is 12.5. The van der Waals surface area contributed by atoms with E-state index in [1.807, 2.05) is 19.1 Å². The van der Waals surface area contributed by atoms with Crippen molar-refractivity contribution < 1.29 is 32.3 Å². The van der Waals surface area contributed by atoms with E-state index in [9.17, 15) is 22.8 Å². The minimum absolute atomic E-state index is 0.0121. The number of ether oxygens (including phenoxy) is 2. The van der Waals surface area contributed by atoms with Crippen LogP contribution >= 0.6 is 0 Å². The first-order valence-electron chi connectivity index (χ1n) is 9.47. The first-order chi connectivity index (χ1) is 14.7. The molecular weight excluding hydrogens is 424 g/mol. The number of fused-ring (bicyclic) bond motifs is 1. The summed E-state index contributed by atoms with van der Waals surface area (Å²) in [4.78, 5) is 34.9. The minimum atomic E-state index is -3.91. The number of amides is 1. The number of nitrogens with one attached hydrogen (secondary N) is 1. The fraction of sp³-hybridized carbons (Fsp3) is 0.286. The summed E-state index contributed by atoms with van der Waals surface area (Å²) >= 11 is 0. The van der Waals surface area contributed by atoms with Gasteiger partial charge in [0.05, 0.1) is 23.3 Å². The molecule has 2 aromatic carbocycles. The molecule has 3 rings (SSSR count). The third kappa shape index (κ3) is 4.85. The summed E-state index contributed by atoms with van der Waals surface area (Å²) in [6.45, 7) is 0.849. The Morgan fingerprint density at radius 2 is 1.87 bits per heavy atom. The topological polar surface area (TPSA) is 119 Å². The SMILES string of the molecule is COC(=O)CNC(=O)COC(=O)c1cccc(S(=O)(=O)N2c3ccccc3C[C@H]2C)c1. The number of para-hydroxylation sites is 1. The zero-order chi connectivity index (χ0) is 22.6. The molecule has 0 saturated carbocycles. The van der Waals surface area contributed by atoms with E-state index in [1.165, 1.54) is 35.7 Å². The smallest absolute Gasteiger partial charge is 0.338 e. The highest BCUT2D eigenvalue weighted by atomic mass is 32.2. The van der Waals surface area contributed by atoms with Crippen molar-refractivity contribution in [3.63, 3.8) is 0 Å². The van der Waals surface area contributed by atoms with Crippen LogP contribution in [0, 0.1) is 0 Å². The molecule has 0 fully saturated rings. The van der Waals surface area contributed by atoms with Crippen LogP contribution in [0.15, 0.2) is 53.4 Å². The molecule has 1 amide bonds. The molecule has 9 nitrogen and oxygen atoms in total. The number of anilines is 1. The van der Waals surface area contributed by atoms with E-state index in [0.717, 1.165) is 5.56 Å². The van der Waals surface area contributed by atoms with Crippen LogP contribution in [0.4, 0.5) is 5.69 Å². The third-order valence-corrected chi connectivity index (χ3v) is 6.69. The van der Waals surface area contributed by atoms with Crippen LogP contribution in [0.2, 0.25) is 0 Å². The number of hydrogen-bond donors (Lipinski definition) is 1. The van der Waals surface area contributed by atoms with Gasteiger partial charge in [0.1, 0.15) is 6.54 Å². The number of esters is 2. The van der Waals surface area contributed by atoms with Crippen molar-refractivity contribution in [1.82, 2.24) is 5.32 Å². The van der Waals surface area contributed by atoms with Crippen molar-refractivity contribution in [3.05, 3.63) is 59.7 Å². The highest BCUT2D eigenvalue weighted by molar-refractivity contribution is 7.92. The Hall–Kier alpha value is -3.40.